The van der Waals surface area contributed by atoms with E-state index in [2.05, 4.69) is 6.07 Å². The first-order chi connectivity index (χ1) is 6.77. The summed E-state index contributed by atoms with van der Waals surface area (Å²) in [5.41, 5.74) is 0. The van der Waals surface area contributed by atoms with Gasteiger partial charge in [-0.25, -0.2) is 0 Å². The van der Waals surface area contributed by atoms with Crippen molar-refractivity contribution in [2.45, 2.75) is 32.3 Å². The second-order valence-electron chi connectivity index (χ2n) is 3.33. The third-order valence-electron chi connectivity index (χ3n) is 2.31. The van der Waals surface area contributed by atoms with Crippen LogP contribution >= 0.6 is 0 Å². The van der Waals surface area contributed by atoms with Gasteiger partial charge in [0.15, 0.2) is 0 Å². The summed E-state index contributed by atoms with van der Waals surface area (Å²) in [5, 5.41) is 8.78. The Balaban J connectivity index is 2.41. The van der Waals surface area contributed by atoms with Gasteiger partial charge in [-0.1, -0.05) is 0 Å². The van der Waals surface area contributed by atoms with Gasteiger partial charge < -0.3 is 9.47 Å². The molecule has 0 saturated carbocycles. The first kappa shape index (κ1) is 11.0. The van der Waals surface area contributed by atoms with Crippen molar-refractivity contribution in [3.05, 3.63) is 0 Å². The van der Waals surface area contributed by atoms with E-state index in [9.17, 15) is 4.79 Å². The van der Waals surface area contributed by atoms with Crippen LogP contribution in [0.4, 0.5) is 0 Å². The lowest BCUT2D eigenvalue weighted by Crippen LogP contribution is -2.30. The zero-order valence-electron chi connectivity index (χ0n) is 8.36. The standard InChI is InChI=1S/C10H15NO3/c1-2-13-10(12)6-8-4-3-5-14-9(8)7-11/h8-9H,2-6H2,1H3. The van der Waals surface area contributed by atoms with Crippen molar-refractivity contribution < 1.29 is 14.3 Å². The summed E-state index contributed by atoms with van der Waals surface area (Å²) in [7, 11) is 0. The summed E-state index contributed by atoms with van der Waals surface area (Å²) in [6.45, 7) is 2.79. The van der Waals surface area contributed by atoms with Gasteiger partial charge in [0, 0.05) is 12.5 Å². The van der Waals surface area contributed by atoms with E-state index >= 15 is 0 Å². The normalized spacial score (nSPS) is 26.6. The predicted molar refractivity (Wildman–Crippen MR) is 49.3 cm³/mol. The van der Waals surface area contributed by atoms with E-state index < -0.39 is 6.10 Å². The lowest BCUT2D eigenvalue weighted by molar-refractivity contribution is -0.146. The molecule has 0 spiro atoms. The van der Waals surface area contributed by atoms with E-state index in [0.29, 0.717) is 19.6 Å². The van der Waals surface area contributed by atoms with E-state index in [1.165, 1.54) is 0 Å². The van der Waals surface area contributed by atoms with E-state index in [4.69, 9.17) is 14.7 Å². The van der Waals surface area contributed by atoms with Crippen LogP contribution in [0.15, 0.2) is 0 Å². The molecule has 0 aromatic carbocycles. The molecule has 14 heavy (non-hydrogen) atoms. The zero-order chi connectivity index (χ0) is 10.4. The average molecular weight is 197 g/mol. The molecule has 1 aliphatic rings. The van der Waals surface area contributed by atoms with Crippen molar-refractivity contribution in [2.24, 2.45) is 5.92 Å². The molecule has 1 saturated heterocycles. The van der Waals surface area contributed by atoms with Crippen LogP contribution in [0.5, 0.6) is 0 Å². The van der Waals surface area contributed by atoms with Gasteiger partial charge in [-0.05, 0) is 19.8 Å². The molecule has 0 amide bonds. The molecule has 1 aliphatic heterocycles. The Morgan fingerprint density at radius 2 is 2.50 bits per heavy atom. The lowest BCUT2D eigenvalue weighted by Gasteiger charge is -2.25. The molecule has 0 aliphatic carbocycles. The Bertz CT molecular complexity index is 234. The van der Waals surface area contributed by atoms with Crippen molar-refractivity contribution in [1.82, 2.24) is 0 Å². The first-order valence-electron chi connectivity index (χ1n) is 4.94. The van der Waals surface area contributed by atoms with Crippen LogP contribution in [0.25, 0.3) is 0 Å². The highest BCUT2D eigenvalue weighted by Gasteiger charge is 2.28. The van der Waals surface area contributed by atoms with Gasteiger partial charge in [0.25, 0.3) is 0 Å². The molecule has 78 valence electrons. The molecule has 1 rings (SSSR count). The van der Waals surface area contributed by atoms with Crippen LogP contribution in [-0.4, -0.2) is 25.3 Å². The quantitative estimate of drug-likeness (QED) is 0.639. The van der Waals surface area contributed by atoms with Crippen LogP contribution in [0, 0.1) is 17.2 Å². The Morgan fingerprint density at radius 3 is 3.14 bits per heavy atom. The topological polar surface area (TPSA) is 59.3 Å². The minimum Gasteiger partial charge on any atom is -0.466 e. The van der Waals surface area contributed by atoms with Gasteiger partial charge in [-0.15, -0.1) is 0 Å². The van der Waals surface area contributed by atoms with Gasteiger partial charge in [-0.2, -0.15) is 5.26 Å². The minimum atomic E-state index is -0.437. The molecule has 0 N–H and O–H groups in total. The SMILES string of the molecule is CCOC(=O)CC1CCCOC1C#N. The zero-order valence-corrected chi connectivity index (χ0v) is 8.36. The van der Waals surface area contributed by atoms with E-state index in [0.717, 1.165) is 12.8 Å². The number of ether oxygens (including phenoxy) is 2. The Labute approximate surface area is 83.8 Å². The Kier molecular flexibility index (Phi) is 4.41. The number of esters is 1. The number of carbonyl (C=O) groups excluding carboxylic acids is 1. The van der Waals surface area contributed by atoms with Gasteiger partial charge >= 0.3 is 5.97 Å². The highest BCUT2D eigenvalue weighted by molar-refractivity contribution is 5.69. The van der Waals surface area contributed by atoms with E-state index in [1.807, 2.05) is 0 Å². The van der Waals surface area contributed by atoms with Crippen molar-refractivity contribution in [3.63, 3.8) is 0 Å². The molecule has 1 fully saturated rings. The molecule has 2 unspecified atom stereocenters. The maximum atomic E-state index is 11.2. The van der Waals surface area contributed by atoms with Gasteiger partial charge in [-0.3, -0.25) is 4.79 Å². The van der Waals surface area contributed by atoms with Crippen LogP contribution in [0.3, 0.4) is 0 Å². The monoisotopic (exact) mass is 197 g/mol. The second kappa shape index (κ2) is 5.61. The highest BCUT2D eigenvalue weighted by Crippen LogP contribution is 2.23. The summed E-state index contributed by atoms with van der Waals surface area (Å²) in [5.74, 6) is -0.226. The fourth-order valence-corrected chi connectivity index (χ4v) is 1.63. The molecule has 0 radical (unpaired) electrons. The maximum Gasteiger partial charge on any atom is 0.306 e. The van der Waals surface area contributed by atoms with Crippen LogP contribution in [0.2, 0.25) is 0 Å². The summed E-state index contributed by atoms with van der Waals surface area (Å²) < 4.78 is 10.1. The first-order valence-corrected chi connectivity index (χ1v) is 4.94. The van der Waals surface area contributed by atoms with Gasteiger partial charge in [0.05, 0.1) is 19.1 Å². The van der Waals surface area contributed by atoms with E-state index in [-0.39, 0.29) is 11.9 Å². The predicted octanol–water partition coefficient (Wildman–Crippen LogP) is 1.26. The molecular formula is C10H15NO3. The molecule has 0 aromatic rings. The molecule has 0 bridgehead atoms. The number of hydrogen-bond donors (Lipinski definition) is 0. The number of rotatable bonds is 3. The molecule has 2 atom stereocenters. The Hall–Kier alpha value is -1.08. The number of nitriles is 1. The molecule has 1 heterocycles. The third-order valence-corrected chi connectivity index (χ3v) is 2.31. The van der Waals surface area contributed by atoms with Crippen molar-refractivity contribution >= 4 is 5.97 Å². The van der Waals surface area contributed by atoms with Crippen LogP contribution in [-0.2, 0) is 14.3 Å². The summed E-state index contributed by atoms with van der Waals surface area (Å²) in [6, 6.07) is 2.07. The smallest absolute Gasteiger partial charge is 0.306 e. The Morgan fingerprint density at radius 1 is 1.71 bits per heavy atom. The summed E-state index contributed by atoms with van der Waals surface area (Å²) in [6.07, 6.45) is 1.65. The fourth-order valence-electron chi connectivity index (χ4n) is 1.63. The average Bonchev–Trinajstić information content (AvgIpc) is 2.19. The van der Waals surface area contributed by atoms with Crippen molar-refractivity contribution in [1.29, 1.82) is 5.26 Å². The maximum absolute atomic E-state index is 11.2. The lowest BCUT2D eigenvalue weighted by atomic mass is 9.92. The summed E-state index contributed by atoms with van der Waals surface area (Å²) in [4.78, 5) is 11.2. The van der Waals surface area contributed by atoms with E-state index in [1.54, 1.807) is 6.92 Å². The van der Waals surface area contributed by atoms with Crippen molar-refractivity contribution in [3.8, 4) is 6.07 Å². The molecule has 0 aromatic heterocycles. The minimum absolute atomic E-state index is 0.00722. The molecule has 4 heteroatoms. The number of nitrogens with zero attached hydrogens (tertiary/aromatic N) is 1. The van der Waals surface area contributed by atoms with Crippen molar-refractivity contribution in [2.75, 3.05) is 13.2 Å². The van der Waals surface area contributed by atoms with Gasteiger partial charge in [0.2, 0.25) is 0 Å². The summed E-state index contributed by atoms with van der Waals surface area (Å²) >= 11 is 0. The van der Waals surface area contributed by atoms with Crippen LogP contribution < -0.4 is 0 Å². The fraction of sp³-hybridized carbons (Fsp3) is 0.800. The molecular weight excluding hydrogens is 182 g/mol. The molecule has 4 nitrogen and oxygen atoms in total. The van der Waals surface area contributed by atoms with Crippen LogP contribution in [0.1, 0.15) is 26.2 Å². The van der Waals surface area contributed by atoms with Gasteiger partial charge in [0.1, 0.15) is 6.10 Å². The number of hydrogen-bond acceptors (Lipinski definition) is 4. The largest absolute Gasteiger partial charge is 0.466 e. The highest BCUT2D eigenvalue weighted by atomic mass is 16.5. The number of carbonyl (C=O) groups is 1. The third kappa shape index (κ3) is 3.00. The second-order valence-corrected chi connectivity index (χ2v) is 3.33.